The third-order valence-corrected chi connectivity index (χ3v) is 4.01. The van der Waals surface area contributed by atoms with Gasteiger partial charge in [-0.25, -0.2) is 0 Å². The van der Waals surface area contributed by atoms with Crippen molar-refractivity contribution in [1.29, 1.82) is 0 Å². The molecule has 0 aliphatic heterocycles. The van der Waals surface area contributed by atoms with Gasteiger partial charge in [0.1, 0.15) is 0 Å². The van der Waals surface area contributed by atoms with Crippen LogP contribution >= 0.6 is 0 Å². The summed E-state index contributed by atoms with van der Waals surface area (Å²) in [4.78, 5) is 11.0. The molecule has 1 aliphatic carbocycles. The van der Waals surface area contributed by atoms with E-state index in [0.717, 1.165) is 19.4 Å². The zero-order chi connectivity index (χ0) is 14.9. The monoisotopic (exact) mass is 287 g/mol. The van der Waals surface area contributed by atoms with Gasteiger partial charge in [0.25, 0.3) is 0 Å². The molecule has 1 aromatic rings. The fourth-order valence-corrected chi connectivity index (χ4v) is 2.89. The lowest BCUT2D eigenvalue weighted by atomic mass is 9.97. The van der Waals surface area contributed by atoms with Crippen LogP contribution in [0.3, 0.4) is 0 Å². The van der Waals surface area contributed by atoms with Crippen molar-refractivity contribution in [2.45, 2.75) is 51.0 Å². The van der Waals surface area contributed by atoms with Crippen LogP contribution in [0.5, 0.6) is 0 Å². The first-order valence-electron chi connectivity index (χ1n) is 7.91. The molecular formula is C18H25NO2. The molecule has 0 saturated carbocycles. The predicted octanol–water partition coefficient (Wildman–Crippen LogP) is 3.55. The number of hydrogen-bond acceptors (Lipinski definition) is 2. The normalized spacial score (nSPS) is 16.3. The molecule has 1 atom stereocenters. The van der Waals surface area contributed by atoms with Gasteiger partial charge in [0.05, 0.1) is 6.42 Å². The van der Waals surface area contributed by atoms with Crippen LogP contribution in [0.4, 0.5) is 0 Å². The number of allylic oxidation sites excluding steroid dienone is 1. The standard InChI is InChI=1S/C18H25NO2/c20-18(21)14-17(13-16-9-5-2-6-10-16)19-12-11-15-7-3-1-4-8-15/h2,5-7,9-10,17,19H,1,3-4,8,11-14H2,(H,20,21). The third kappa shape index (κ3) is 6.13. The lowest BCUT2D eigenvalue weighted by Gasteiger charge is -2.19. The number of carboxylic acid groups (broad SMARTS) is 1. The van der Waals surface area contributed by atoms with E-state index >= 15 is 0 Å². The van der Waals surface area contributed by atoms with Gasteiger partial charge in [-0.2, -0.15) is 0 Å². The van der Waals surface area contributed by atoms with Crippen LogP contribution < -0.4 is 5.32 Å². The maximum absolute atomic E-state index is 11.0. The molecule has 0 radical (unpaired) electrons. The third-order valence-electron chi connectivity index (χ3n) is 4.01. The summed E-state index contributed by atoms with van der Waals surface area (Å²) in [6.45, 7) is 0.872. The number of benzene rings is 1. The fourth-order valence-electron chi connectivity index (χ4n) is 2.89. The second-order valence-corrected chi connectivity index (χ2v) is 5.80. The van der Waals surface area contributed by atoms with Gasteiger partial charge in [-0.15, -0.1) is 0 Å². The van der Waals surface area contributed by atoms with Crippen LogP contribution in [-0.2, 0) is 11.2 Å². The maximum Gasteiger partial charge on any atom is 0.304 e. The topological polar surface area (TPSA) is 49.3 Å². The Morgan fingerprint density at radius 1 is 1.24 bits per heavy atom. The molecule has 1 unspecified atom stereocenters. The molecule has 0 bridgehead atoms. The van der Waals surface area contributed by atoms with E-state index in [4.69, 9.17) is 5.11 Å². The highest BCUT2D eigenvalue weighted by atomic mass is 16.4. The van der Waals surface area contributed by atoms with Crippen molar-refractivity contribution in [2.24, 2.45) is 0 Å². The highest BCUT2D eigenvalue weighted by Gasteiger charge is 2.13. The van der Waals surface area contributed by atoms with Crippen LogP contribution in [0.25, 0.3) is 0 Å². The molecule has 1 aromatic carbocycles. The summed E-state index contributed by atoms with van der Waals surface area (Å²) >= 11 is 0. The van der Waals surface area contributed by atoms with Crippen molar-refractivity contribution >= 4 is 5.97 Å². The molecule has 1 aliphatic rings. The summed E-state index contributed by atoms with van der Waals surface area (Å²) in [6.07, 6.45) is 9.38. The smallest absolute Gasteiger partial charge is 0.304 e. The Kier molecular flexibility index (Phi) is 6.48. The molecule has 0 heterocycles. The minimum atomic E-state index is -0.736. The molecule has 114 valence electrons. The zero-order valence-electron chi connectivity index (χ0n) is 12.6. The zero-order valence-corrected chi connectivity index (χ0v) is 12.6. The Morgan fingerprint density at radius 3 is 2.71 bits per heavy atom. The van der Waals surface area contributed by atoms with Crippen molar-refractivity contribution in [3.63, 3.8) is 0 Å². The van der Waals surface area contributed by atoms with Gasteiger partial charge in [0.15, 0.2) is 0 Å². The highest BCUT2D eigenvalue weighted by Crippen LogP contribution is 2.19. The molecule has 3 heteroatoms. The van der Waals surface area contributed by atoms with Crippen molar-refractivity contribution in [2.75, 3.05) is 6.54 Å². The van der Waals surface area contributed by atoms with E-state index in [1.807, 2.05) is 18.2 Å². The Hall–Kier alpha value is -1.61. The van der Waals surface area contributed by atoms with E-state index in [-0.39, 0.29) is 12.5 Å². The Labute approximate surface area is 127 Å². The lowest BCUT2D eigenvalue weighted by molar-refractivity contribution is -0.137. The van der Waals surface area contributed by atoms with Crippen LogP contribution in [0.15, 0.2) is 42.0 Å². The van der Waals surface area contributed by atoms with Gasteiger partial charge in [-0.3, -0.25) is 4.79 Å². The van der Waals surface area contributed by atoms with E-state index in [2.05, 4.69) is 23.5 Å². The van der Waals surface area contributed by atoms with Crippen molar-refractivity contribution in [3.05, 3.63) is 47.5 Å². The summed E-state index contributed by atoms with van der Waals surface area (Å²) in [5.41, 5.74) is 2.72. The molecule has 0 saturated heterocycles. The van der Waals surface area contributed by atoms with E-state index in [0.29, 0.717) is 0 Å². The molecule has 21 heavy (non-hydrogen) atoms. The van der Waals surface area contributed by atoms with Gasteiger partial charge < -0.3 is 10.4 Å². The second-order valence-electron chi connectivity index (χ2n) is 5.80. The van der Waals surface area contributed by atoms with Crippen LogP contribution in [0, 0.1) is 0 Å². The van der Waals surface area contributed by atoms with Crippen LogP contribution in [-0.4, -0.2) is 23.7 Å². The molecule has 0 spiro atoms. The predicted molar refractivity (Wildman–Crippen MR) is 85.4 cm³/mol. The van der Waals surface area contributed by atoms with Gasteiger partial charge in [-0.05, 0) is 50.6 Å². The summed E-state index contributed by atoms with van der Waals surface area (Å²) in [5.74, 6) is -0.736. The molecule has 0 aromatic heterocycles. The molecule has 0 fully saturated rings. The number of carbonyl (C=O) groups is 1. The van der Waals surface area contributed by atoms with E-state index < -0.39 is 5.97 Å². The summed E-state index contributed by atoms with van der Waals surface area (Å²) in [6, 6.07) is 10.1. The Balaban J connectivity index is 1.81. The van der Waals surface area contributed by atoms with Crippen molar-refractivity contribution in [1.82, 2.24) is 5.32 Å². The number of aliphatic carboxylic acids is 1. The summed E-state index contributed by atoms with van der Waals surface area (Å²) in [5, 5.41) is 12.5. The average Bonchev–Trinajstić information content (AvgIpc) is 2.49. The van der Waals surface area contributed by atoms with Gasteiger partial charge in [0.2, 0.25) is 0 Å². The first kappa shape index (κ1) is 15.8. The Bertz CT molecular complexity index is 467. The molecule has 3 nitrogen and oxygen atoms in total. The van der Waals surface area contributed by atoms with E-state index in [1.54, 1.807) is 0 Å². The molecule has 0 amide bonds. The number of rotatable bonds is 8. The number of nitrogens with one attached hydrogen (secondary N) is 1. The maximum atomic E-state index is 11.0. The number of hydrogen-bond donors (Lipinski definition) is 2. The van der Waals surface area contributed by atoms with Crippen molar-refractivity contribution < 1.29 is 9.90 Å². The van der Waals surface area contributed by atoms with Crippen LogP contribution in [0.2, 0.25) is 0 Å². The van der Waals surface area contributed by atoms with Crippen LogP contribution in [0.1, 0.15) is 44.1 Å². The van der Waals surface area contributed by atoms with Crippen molar-refractivity contribution in [3.8, 4) is 0 Å². The van der Waals surface area contributed by atoms with E-state index in [9.17, 15) is 4.79 Å². The average molecular weight is 287 g/mol. The van der Waals surface area contributed by atoms with E-state index in [1.165, 1.54) is 36.8 Å². The Morgan fingerprint density at radius 2 is 2.05 bits per heavy atom. The largest absolute Gasteiger partial charge is 0.481 e. The first-order valence-corrected chi connectivity index (χ1v) is 7.91. The molecule has 2 N–H and O–H groups in total. The highest BCUT2D eigenvalue weighted by molar-refractivity contribution is 5.67. The lowest BCUT2D eigenvalue weighted by Crippen LogP contribution is -2.34. The minimum absolute atomic E-state index is 0.00842. The second kappa shape index (κ2) is 8.63. The SMILES string of the molecule is O=C(O)CC(Cc1ccccc1)NCCC1=CCCCC1. The quantitative estimate of drug-likeness (QED) is 0.719. The first-order chi connectivity index (χ1) is 10.2. The van der Waals surface area contributed by atoms with Gasteiger partial charge >= 0.3 is 5.97 Å². The van der Waals surface area contributed by atoms with Gasteiger partial charge in [0, 0.05) is 6.04 Å². The van der Waals surface area contributed by atoms with Gasteiger partial charge in [-0.1, -0.05) is 42.0 Å². The molecular weight excluding hydrogens is 262 g/mol. The fraction of sp³-hybridized carbons (Fsp3) is 0.500. The summed E-state index contributed by atoms with van der Waals surface area (Å²) < 4.78 is 0. The number of carboxylic acids is 1. The summed E-state index contributed by atoms with van der Waals surface area (Å²) in [7, 11) is 0. The molecule has 2 rings (SSSR count). The minimum Gasteiger partial charge on any atom is -0.481 e.